The summed E-state index contributed by atoms with van der Waals surface area (Å²) in [5.41, 5.74) is 2.51. The van der Waals surface area contributed by atoms with Crippen molar-refractivity contribution in [2.75, 3.05) is 0 Å². The van der Waals surface area contributed by atoms with Crippen molar-refractivity contribution >= 4 is 52.2 Å². The first-order valence-electron chi connectivity index (χ1n) is 4.48. The Bertz CT molecular complexity index is 508. The molecule has 15 heavy (non-hydrogen) atoms. The van der Waals surface area contributed by atoms with Gasteiger partial charge in [-0.15, -0.1) is 0 Å². The van der Waals surface area contributed by atoms with E-state index in [0.29, 0.717) is 0 Å². The first kappa shape index (κ1) is 12.4. The molecule has 0 bridgehead atoms. The summed E-state index contributed by atoms with van der Waals surface area (Å²) >= 11 is 0. The molecule has 0 spiro atoms. The van der Waals surface area contributed by atoms with Crippen LogP contribution in [0.4, 0.5) is 5.69 Å². The molecule has 0 amide bonds. The van der Waals surface area contributed by atoms with Crippen LogP contribution in [0.3, 0.4) is 0 Å². The zero-order valence-corrected chi connectivity index (χ0v) is 7.70. The zero-order valence-electron chi connectivity index (χ0n) is 7.70. The summed E-state index contributed by atoms with van der Waals surface area (Å²) in [6.45, 7) is 0. The molecule has 1 aliphatic heterocycles. The number of hydrogen-bond donors (Lipinski definition) is 0. The van der Waals surface area contributed by atoms with Crippen LogP contribution >= 0.6 is 0 Å². The van der Waals surface area contributed by atoms with Crippen molar-refractivity contribution in [3.8, 4) is 0 Å². The molecule has 0 aromatic heterocycles. The third kappa shape index (κ3) is 1.99. The van der Waals surface area contributed by atoms with Crippen LogP contribution < -0.4 is 0 Å². The van der Waals surface area contributed by atoms with Crippen LogP contribution in [0.15, 0.2) is 41.4 Å². The van der Waals surface area contributed by atoms with Gasteiger partial charge in [0.05, 0.1) is 5.69 Å². The second-order valence-electron chi connectivity index (χ2n) is 3.30. The van der Waals surface area contributed by atoms with Crippen molar-refractivity contribution in [2.45, 2.75) is 6.42 Å². The van der Waals surface area contributed by atoms with Crippen molar-refractivity contribution in [1.82, 2.24) is 0 Å². The van der Waals surface area contributed by atoms with Crippen LogP contribution in [-0.4, -0.2) is 41.2 Å². The molecule has 0 unspecified atom stereocenters. The monoisotopic (exact) mass is 209 g/mol. The van der Waals surface area contributed by atoms with Crippen molar-refractivity contribution in [1.29, 1.82) is 0 Å². The Balaban J connectivity index is 0.000000562. The summed E-state index contributed by atoms with van der Waals surface area (Å²) < 4.78 is 0. The van der Waals surface area contributed by atoms with Crippen LogP contribution in [0.2, 0.25) is 0 Å². The molecule has 2 nitrogen and oxygen atoms in total. The van der Waals surface area contributed by atoms with E-state index in [1.165, 1.54) is 16.3 Å². The van der Waals surface area contributed by atoms with Crippen LogP contribution in [0.1, 0.15) is 5.56 Å². The molecule has 0 fully saturated rings. The fourth-order valence-electron chi connectivity index (χ4n) is 1.90. The van der Waals surface area contributed by atoms with Gasteiger partial charge in [0.15, 0.2) is 0 Å². The molecule has 3 rings (SSSR count). The van der Waals surface area contributed by atoms with E-state index in [1.54, 1.807) is 0 Å². The van der Waals surface area contributed by atoms with E-state index in [9.17, 15) is 0 Å². The first-order chi connectivity index (χ1) is 6.45. The molecule has 0 radical (unpaired) electrons. The van der Waals surface area contributed by atoms with E-state index in [2.05, 4.69) is 41.4 Å². The van der Waals surface area contributed by atoms with Crippen molar-refractivity contribution in [2.24, 2.45) is 4.99 Å². The van der Waals surface area contributed by atoms with Crippen LogP contribution in [0, 0.1) is 0 Å². The Morgan fingerprint density at radius 1 is 1.00 bits per heavy atom. The summed E-state index contributed by atoms with van der Waals surface area (Å²) in [6, 6.07) is 12.7. The summed E-state index contributed by atoms with van der Waals surface area (Å²) in [7, 11) is 0. The van der Waals surface area contributed by atoms with Gasteiger partial charge in [0, 0.05) is 12.6 Å². The van der Waals surface area contributed by atoms with Crippen LogP contribution in [0.25, 0.3) is 10.8 Å². The van der Waals surface area contributed by atoms with Gasteiger partial charge in [0.1, 0.15) is 0 Å². The molecule has 72 valence electrons. The Morgan fingerprint density at radius 2 is 1.80 bits per heavy atom. The molecule has 0 aliphatic carbocycles. The molecular formula is C12H12NNaO. The Kier molecular flexibility index (Phi) is 4.05. The van der Waals surface area contributed by atoms with Crippen molar-refractivity contribution in [3.05, 3.63) is 42.0 Å². The Labute approximate surface area is 111 Å². The summed E-state index contributed by atoms with van der Waals surface area (Å²) in [5.74, 6) is 0. The van der Waals surface area contributed by atoms with Crippen molar-refractivity contribution < 1.29 is 5.48 Å². The predicted molar refractivity (Wildman–Crippen MR) is 66.6 cm³/mol. The Hall–Kier alpha value is -0.670. The van der Waals surface area contributed by atoms with E-state index in [4.69, 9.17) is 0 Å². The molecule has 3 heteroatoms. The summed E-state index contributed by atoms with van der Waals surface area (Å²) in [4.78, 5) is 4.32. The van der Waals surface area contributed by atoms with E-state index in [0.717, 1.165) is 12.1 Å². The van der Waals surface area contributed by atoms with Gasteiger partial charge < -0.3 is 5.48 Å². The van der Waals surface area contributed by atoms with E-state index >= 15 is 0 Å². The Morgan fingerprint density at radius 3 is 2.67 bits per heavy atom. The predicted octanol–water partition coefficient (Wildman–Crippen LogP) is 1.63. The molecule has 1 aliphatic rings. The molecule has 1 heterocycles. The molecule has 0 saturated carbocycles. The second kappa shape index (κ2) is 4.90. The maximum absolute atomic E-state index is 4.32. The number of aliphatic imine (C=N–C) groups is 1. The number of benzene rings is 2. The van der Waals surface area contributed by atoms with Crippen LogP contribution in [-0.2, 0) is 6.42 Å². The van der Waals surface area contributed by atoms with Gasteiger partial charge in [-0.2, -0.15) is 0 Å². The number of rotatable bonds is 0. The minimum atomic E-state index is 0. The van der Waals surface area contributed by atoms with Gasteiger partial charge in [0.2, 0.25) is 0 Å². The minimum absolute atomic E-state index is 0. The molecule has 2 aromatic carbocycles. The normalized spacial score (nSPS) is 11.7. The second-order valence-corrected chi connectivity index (χ2v) is 3.30. The number of nitrogens with zero attached hydrogens (tertiary/aromatic N) is 1. The van der Waals surface area contributed by atoms with Gasteiger partial charge in [-0.25, -0.2) is 0 Å². The molecular weight excluding hydrogens is 197 g/mol. The third-order valence-electron chi connectivity index (χ3n) is 2.54. The molecule has 0 saturated heterocycles. The number of fused-ring (bicyclic) bond motifs is 3. The van der Waals surface area contributed by atoms with Crippen LogP contribution in [0.5, 0.6) is 0 Å². The third-order valence-corrected chi connectivity index (χ3v) is 2.54. The van der Waals surface area contributed by atoms with Gasteiger partial charge in [0.25, 0.3) is 0 Å². The summed E-state index contributed by atoms with van der Waals surface area (Å²) in [6.07, 6.45) is 2.97. The maximum atomic E-state index is 4.32. The molecule has 2 N–H and O–H groups in total. The van der Waals surface area contributed by atoms with Crippen molar-refractivity contribution in [3.63, 3.8) is 0 Å². The van der Waals surface area contributed by atoms with E-state index < -0.39 is 0 Å². The topological polar surface area (TPSA) is 43.9 Å². The molecule has 0 atom stereocenters. The van der Waals surface area contributed by atoms with Gasteiger partial charge in [-0.1, -0.05) is 30.3 Å². The first-order valence-corrected chi connectivity index (χ1v) is 4.48. The fraction of sp³-hybridized carbons (Fsp3) is 0.0833. The standard InChI is InChI=1S/C12H9N.Na.H2O.H/c1-2-4-10-9(3-1)5-6-12-11(10)7-8-13-12;;;/h1-6,8H,7H2;;1H2;. The van der Waals surface area contributed by atoms with E-state index in [1.807, 2.05) is 6.21 Å². The average Bonchev–Trinajstić information content (AvgIpc) is 2.65. The fourth-order valence-corrected chi connectivity index (χ4v) is 1.90. The van der Waals surface area contributed by atoms with Gasteiger partial charge in [-0.05, 0) is 22.4 Å². The number of hydrogen-bond acceptors (Lipinski definition) is 1. The quantitative estimate of drug-likeness (QED) is 0.592. The van der Waals surface area contributed by atoms with E-state index in [-0.39, 0.29) is 35.0 Å². The SMILES string of the molecule is C1=Nc2ccc3ccccc3c2C1.O.[NaH]. The summed E-state index contributed by atoms with van der Waals surface area (Å²) in [5, 5.41) is 2.66. The van der Waals surface area contributed by atoms with Gasteiger partial charge in [-0.3, -0.25) is 4.99 Å². The molecule has 2 aromatic rings. The average molecular weight is 209 g/mol. The zero-order chi connectivity index (χ0) is 8.67. The van der Waals surface area contributed by atoms with Gasteiger partial charge >= 0.3 is 29.6 Å².